The standard InChI is InChI=1S/C14H24N4O/c1-3-9-19-14-12(15)6-7-13(17-14)16-10-11-5-4-8-18(11)2/h6-7,11H,3-5,8-10,15H2,1-2H3,(H,16,17). The van der Waals surface area contributed by atoms with Crippen LogP contribution in [0.2, 0.25) is 0 Å². The van der Waals surface area contributed by atoms with E-state index in [1.165, 1.54) is 19.4 Å². The second-order valence-corrected chi connectivity index (χ2v) is 5.10. The summed E-state index contributed by atoms with van der Waals surface area (Å²) in [6, 6.07) is 4.35. The van der Waals surface area contributed by atoms with E-state index in [4.69, 9.17) is 10.5 Å². The van der Waals surface area contributed by atoms with E-state index in [0.717, 1.165) is 18.8 Å². The number of pyridine rings is 1. The Bertz CT molecular complexity index is 410. The first kappa shape index (κ1) is 13.9. The Balaban J connectivity index is 1.92. The van der Waals surface area contributed by atoms with Crippen molar-refractivity contribution < 1.29 is 4.74 Å². The number of likely N-dealkylation sites (N-methyl/N-ethyl adjacent to an activating group) is 1. The molecule has 1 aromatic rings. The van der Waals surface area contributed by atoms with Crippen LogP contribution in [0.3, 0.4) is 0 Å². The second kappa shape index (κ2) is 6.61. The predicted molar refractivity (Wildman–Crippen MR) is 78.6 cm³/mol. The number of likely N-dealkylation sites (tertiary alicyclic amines) is 1. The minimum absolute atomic E-state index is 0.534. The van der Waals surface area contributed by atoms with Gasteiger partial charge >= 0.3 is 0 Å². The van der Waals surface area contributed by atoms with E-state index < -0.39 is 0 Å². The molecule has 2 heterocycles. The second-order valence-electron chi connectivity index (χ2n) is 5.10. The van der Waals surface area contributed by atoms with Crippen LogP contribution in [0.5, 0.6) is 5.88 Å². The molecule has 0 radical (unpaired) electrons. The average Bonchev–Trinajstić information content (AvgIpc) is 2.82. The highest BCUT2D eigenvalue weighted by Gasteiger charge is 2.20. The Morgan fingerprint density at radius 3 is 3.05 bits per heavy atom. The lowest BCUT2D eigenvalue weighted by molar-refractivity contribution is 0.307. The number of rotatable bonds is 6. The quantitative estimate of drug-likeness (QED) is 0.822. The van der Waals surface area contributed by atoms with Crippen LogP contribution >= 0.6 is 0 Å². The molecule has 0 aromatic carbocycles. The largest absolute Gasteiger partial charge is 0.476 e. The Morgan fingerprint density at radius 1 is 1.53 bits per heavy atom. The van der Waals surface area contributed by atoms with E-state index in [-0.39, 0.29) is 0 Å². The Labute approximate surface area is 115 Å². The van der Waals surface area contributed by atoms with E-state index in [0.29, 0.717) is 24.2 Å². The maximum Gasteiger partial charge on any atom is 0.239 e. The third kappa shape index (κ3) is 3.73. The van der Waals surface area contributed by atoms with Crippen LogP contribution in [0.1, 0.15) is 26.2 Å². The number of aromatic nitrogens is 1. The minimum Gasteiger partial charge on any atom is -0.476 e. The van der Waals surface area contributed by atoms with Crippen molar-refractivity contribution in [2.24, 2.45) is 0 Å². The van der Waals surface area contributed by atoms with Crippen LogP contribution in [0.4, 0.5) is 11.5 Å². The van der Waals surface area contributed by atoms with Crippen LogP contribution in [0.25, 0.3) is 0 Å². The summed E-state index contributed by atoms with van der Waals surface area (Å²) >= 11 is 0. The SMILES string of the molecule is CCCOc1nc(NCC2CCCN2C)ccc1N. The highest BCUT2D eigenvalue weighted by molar-refractivity contribution is 5.53. The van der Waals surface area contributed by atoms with Crippen molar-refractivity contribution in [3.63, 3.8) is 0 Å². The molecule has 0 saturated carbocycles. The summed E-state index contributed by atoms with van der Waals surface area (Å²) in [5, 5.41) is 3.37. The predicted octanol–water partition coefficient (Wildman–Crippen LogP) is 1.96. The Hall–Kier alpha value is -1.49. The summed E-state index contributed by atoms with van der Waals surface area (Å²) in [7, 11) is 2.17. The number of hydrogen-bond donors (Lipinski definition) is 2. The molecule has 0 amide bonds. The summed E-state index contributed by atoms with van der Waals surface area (Å²) in [5.41, 5.74) is 6.44. The number of nitrogens with two attached hydrogens (primary N) is 1. The van der Waals surface area contributed by atoms with Crippen molar-refractivity contribution in [3.05, 3.63) is 12.1 Å². The van der Waals surface area contributed by atoms with Crippen molar-refractivity contribution in [1.29, 1.82) is 0 Å². The molecule has 1 saturated heterocycles. The lowest BCUT2D eigenvalue weighted by atomic mass is 10.2. The average molecular weight is 264 g/mol. The molecule has 5 nitrogen and oxygen atoms in total. The number of nitrogen functional groups attached to an aromatic ring is 1. The summed E-state index contributed by atoms with van der Waals surface area (Å²) in [6.45, 7) is 4.81. The zero-order valence-corrected chi connectivity index (χ0v) is 11.9. The van der Waals surface area contributed by atoms with Crippen LogP contribution < -0.4 is 15.8 Å². The van der Waals surface area contributed by atoms with Crippen LogP contribution in [0, 0.1) is 0 Å². The number of hydrogen-bond acceptors (Lipinski definition) is 5. The fraction of sp³-hybridized carbons (Fsp3) is 0.643. The van der Waals surface area contributed by atoms with Gasteiger partial charge in [0.2, 0.25) is 5.88 Å². The molecular formula is C14H24N4O. The third-order valence-electron chi connectivity index (χ3n) is 3.52. The molecule has 0 aliphatic carbocycles. The highest BCUT2D eigenvalue weighted by Crippen LogP contribution is 2.22. The third-order valence-corrected chi connectivity index (χ3v) is 3.52. The van der Waals surface area contributed by atoms with Crippen molar-refractivity contribution in [2.75, 3.05) is 37.8 Å². The van der Waals surface area contributed by atoms with Crippen molar-refractivity contribution >= 4 is 11.5 Å². The van der Waals surface area contributed by atoms with E-state index in [2.05, 4.69) is 29.2 Å². The molecular weight excluding hydrogens is 240 g/mol. The first-order valence-corrected chi connectivity index (χ1v) is 7.04. The summed E-state index contributed by atoms with van der Waals surface area (Å²) in [5.74, 6) is 1.37. The van der Waals surface area contributed by atoms with Gasteiger partial charge < -0.3 is 20.7 Å². The molecule has 1 atom stereocenters. The van der Waals surface area contributed by atoms with Gasteiger partial charge in [0.15, 0.2) is 0 Å². The molecule has 1 fully saturated rings. The first-order valence-electron chi connectivity index (χ1n) is 7.04. The van der Waals surface area contributed by atoms with E-state index in [1.54, 1.807) is 0 Å². The maximum absolute atomic E-state index is 5.85. The maximum atomic E-state index is 5.85. The lowest BCUT2D eigenvalue weighted by Crippen LogP contribution is -2.31. The molecule has 1 unspecified atom stereocenters. The van der Waals surface area contributed by atoms with Gasteiger partial charge in [0.1, 0.15) is 5.82 Å². The van der Waals surface area contributed by atoms with E-state index in [9.17, 15) is 0 Å². The van der Waals surface area contributed by atoms with Gasteiger partial charge in [0.05, 0.1) is 12.3 Å². The Morgan fingerprint density at radius 2 is 2.37 bits per heavy atom. The molecule has 1 aromatic heterocycles. The monoisotopic (exact) mass is 264 g/mol. The van der Waals surface area contributed by atoms with Gasteiger partial charge in [0.25, 0.3) is 0 Å². The molecule has 0 spiro atoms. The van der Waals surface area contributed by atoms with Gasteiger partial charge in [-0.1, -0.05) is 6.92 Å². The highest BCUT2D eigenvalue weighted by atomic mass is 16.5. The van der Waals surface area contributed by atoms with Gasteiger partial charge in [-0.05, 0) is 45.0 Å². The van der Waals surface area contributed by atoms with Gasteiger partial charge in [-0.2, -0.15) is 4.98 Å². The fourth-order valence-electron chi connectivity index (χ4n) is 2.32. The molecule has 19 heavy (non-hydrogen) atoms. The molecule has 3 N–H and O–H groups in total. The van der Waals surface area contributed by atoms with E-state index >= 15 is 0 Å². The van der Waals surface area contributed by atoms with E-state index in [1.807, 2.05) is 12.1 Å². The van der Waals surface area contributed by atoms with Crippen LogP contribution in [-0.2, 0) is 0 Å². The number of ether oxygens (including phenoxy) is 1. The van der Waals surface area contributed by atoms with Crippen LogP contribution in [0.15, 0.2) is 12.1 Å². The fourth-order valence-corrected chi connectivity index (χ4v) is 2.32. The van der Waals surface area contributed by atoms with Crippen molar-refractivity contribution in [2.45, 2.75) is 32.2 Å². The number of anilines is 2. The molecule has 2 rings (SSSR count). The number of nitrogens with one attached hydrogen (secondary N) is 1. The summed E-state index contributed by atoms with van der Waals surface area (Å²) in [4.78, 5) is 6.81. The van der Waals surface area contributed by atoms with Gasteiger partial charge in [-0.25, -0.2) is 0 Å². The summed E-state index contributed by atoms with van der Waals surface area (Å²) < 4.78 is 5.53. The molecule has 1 aliphatic rings. The Kier molecular flexibility index (Phi) is 4.85. The number of nitrogens with zero attached hydrogens (tertiary/aromatic N) is 2. The molecule has 0 bridgehead atoms. The van der Waals surface area contributed by atoms with Gasteiger partial charge in [-0.3, -0.25) is 0 Å². The van der Waals surface area contributed by atoms with Gasteiger partial charge in [-0.15, -0.1) is 0 Å². The summed E-state index contributed by atoms with van der Waals surface area (Å²) in [6.07, 6.45) is 3.48. The first-order chi connectivity index (χ1) is 9.20. The molecule has 1 aliphatic heterocycles. The van der Waals surface area contributed by atoms with Crippen molar-refractivity contribution in [3.8, 4) is 5.88 Å². The molecule has 106 valence electrons. The molecule has 5 heteroatoms. The zero-order valence-electron chi connectivity index (χ0n) is 11.9. The zero-order chi connectivity index (χ0) is 13.7. The smallest absolute Gasteiger partial charge is 0.239 e. The lowest BCUT2D eigenvalue weighted by Gasteiger charge is -2.20. The topological polar surface area (TPSA) is 63.4 Å². The normalized spacial score (nSPS) is 19.6. The van der Waals surface area contributed by atoms with Gasteiger partial charge in [0, 0.05) is 12.6 Å². The minimum atomic E-state index is 0.534. The van der Waals surface area contributed by atoms with Crippen LogP contribution in [-0.4, -0.2) is 42.7 Å². The van der Waals surface area contributed by atoms with Crippen molar-refractivity contribution in [1.82, 2.24) is 9.88 Å².